The number of rotatable bonds is 8. The smallest absolute Gasteiger partial charge is 0.0861 e. The van der Waals surface area contributed by atoms with E-state index in [1.807, 2.05) is 6.01 Å². The molecule has 0 radical (unpaired) electrons. The number of ether oxygens (including phenoxy) is 1. The Morgan fingerprint density at radius 2 is 2.00 bits per heavy atom. The van der Waals surface area contributed by atoms with Crippen LogP contribution in [0.2, 0.25) is 0 Å². The monoisotopic (exact) mass is 170 g/mol. The largest absolute Gasteiger partial charge is 0.381 e. The third-order valence-corrected chi connectivity index (χ3v) is 1.53. The van der Waals surface area contributed by atoms with Gasteiger partial charge in [0.25, 0.3) is 0 Å². The van der Waals surface area contributed by atoms with Gasteiger partial charge in [-0.2, -0.15) is 0 Å². The van der Waals surface area contributed by atoms with Crippen LogP contribution in [0.5, 0.6) is 0 Å². The Hall–Kier alpha value is -0.660. The maximum atomic E-state index is 6.52. The molecule has 0 rings (SSSR count). The van der Waals surface area contributed by atoms with Gasteiger partial charge in [-0.1, -0.05) is 19.8 Å². The molecular formula is C9H18N2O. The van der Waals surface area contributed by atoms with Crippen LogP contribution in [0.25, 0.3) is 0 Å². The molecule has 0 aliphatic heterocycles. The third kappa shape index (κ3) is 9.34. The maximum Gasteiger partial charge on any atom is 0.0861 e. The molecule has 0 aromatic carbocycles. The zero-order valence-electron chi connectivity index (χ0n) is 7.81. The molecule has 0 unspecified atom stereocenters. The van der Waals surface area contributed by atoms with Gasteiger partial charge in [-0.15, -0.1) is 0 Å². The van der Waals surface area contributed by atoms with E-state index >= 15 is 0 Å². The molecular weight excluding hydrogens is 152 g/mol. The lowest BCUT2D eigenvalue weighted by Gasteiger charge is -2.00. The summed E-state index contributed by atoms with van der Waals surface area (Å²) in [6.07, 6.45) is 4.54. The van der Waals surface area contributed by atoms with Crippen LogP contribution in [0.3, 0.4) is 0 Å². The van der Waals surface area contributed by atoms with E-state index in [9.17, 15) is 0 Å². The highest BCUT2D eigenvalue weighted by molar-refractivity contribution is 5.35. The molecule has 3 nitrogen and oxygen atoms in total. The van der Waals surface area contributed by atoms with Gasteiger partial charge < -0.3 is 4.74 Å². The van der Waals surface area contributed by atoms with E-state index in [1.54, 1.807) is 0 Å². The molecule has 0 bridgehead atoms. The number of hydrogen-bond donors (Lipinski definition) is 1. The SMILES string of the molecule is CCCCCOCCCN=C=N. The summed E-state index contributed by atoms with van der Waals surface area (Å²) in [5.41, 5.74) is 0. The van der Waals surface area contributed by atoms with Crippen molar-refractivity contribution in [3.05, 3.63) is 0 Å². The molecule has 0 aromatic rings. The van der Waals surface area contributed by atoms with E-state index in [0.29, 0.717) is 6.54 Å². The number of nitrogens with zero attached hydrogens (tertiary/aromatic N) is 1. The quantitative estimate of drug-likeness (QED) is 0.441. The van der Waals surface area contributed by atoms with Crippen molar-refractivity contribution in [3.63, 3.8) is 0 Å². The Morgan fingerprint density at radius 1 is 1.25 bits per heavy atom. The van der Waals surface area contributed by atoms with Crippen LogP contribution in [-0.4, -0.2) is 25.8 Å². The molecule has 12 heavy (non-hydrogen) atoms. The molecule has 0 aliphatic rings. The van der Waals surface area contributed by atoms with E-state index in [-0.39, 0.29) is 0 Å². The molecule has 0 saturated carbocycles. The van der Waals surface area contributed by atoms with Gasteiger partial charge in [0.15, 0.2) is 0 Å². The molecule has 0 saturated heterocycles. The van der Waals surface area contributed by atoms with Crippen molar-refractivity contribution in [2.75, 3.05) is 19.8 Å². The second-order valence-corrected chi connectivity index (χ2v) is 2.67. The van der Waals surface area contributed by atoms with E-state index in [2.05, 4.69) is 11.9 Å². The minimum atomic E-state index is 0.664. The average molecular weight is 170 g/mol. The maximum absolute atomic E-state index is 6.52. The standard InChI is InChI=1S/C9H18N2O/c1-2-3-4-7-12-8-5-6-11-9-10/h10H,2-8H2,1H3. The second kappa shape index (κ2) is 10.3. The van der Waals surface area contributed by atoms with E-state index in [1.165, 1.54) is 12.8 Å². The molecule has 0 aliphatic carbocycles. The molecule has 0 spiro atoms. The second-order valence-electron chi connectivity index (χ2n) is 2.67. The summed E-state index contributed by atoms with van der Waals surface area (Å²) in [4.78, 5) is 3.64. The van der Waals surface area contributed by atoms with Gasteiger partial charge in [-0.3, -0.25) is 0 Å². The first-order chi connectivity index (χ1) is 5.91. The summed E-state index contributed by atoms with van der Waals surface area (Å²) in [7, 11) is 0. The number of nitrogens with one attached hydrogen (secondary N) is 1. The summed E-state index contributed by atoms with van der Waals surface area (Å²) in [6, 6.07) is 2.00. The Kier molecular flexibility index (Phi) is 9.77. The zero-order valence-corrected chi connectivity index (χ0v) is 7.81. The Labute approximate surface area is 74.4 Å². The minimum absolute atomic E-state index is 0.664. The van der Waals surface area contributed by atoms with Crippen LogP contribution in [0.4, 0.5) is 0 Å². The van der Waals surface area contributed by atoms with Crippen LogP contribution in [-0.2, 0) is 4.74 Å². The molecule has 0 heterocycles. The fourth-order valence-corrected chi connectivity index (χ4v) is 0.858. The summed E-state index contributed by atoms with van der Waals surface area (Å²) in [6.45, 7) is 4.47. The average Bonchev–Trinajstić information content (AvgIpc) is 2.10. The van der Waals surface area contributed by atoms with Gasteiger partial charge >= 0.3 is 0 Å². The van der Waals surface area contributed by atoms with Gasteiger partial charge in [0, 0.05) is 13.2 Å². The first kappa shape index (κ1) is 11.3. The van der Waals surface area contributed by atoms with Crippen molar-refractivity contribution in [1.82, 2.24) is 0 Å². The predicted molar refractivity (Wildman–Crippen MR) is 50.0 cm³/mol. The van der Waals surface area contributed by atoms with Gasteiger partial charge in [0.1, 0.15) is 0 Å². The van der Waals surface area contributed by atoms with Crippen molar-refractivity contribution in [2.24, 2.45) is 4.99 Å². The normalized spacial score (nSPS) is 9.42. The molecule has 70 valence electrons. The highest BCUT2D eigenvalue weighted by Gasteiger charge is 1.87. The lowest BCUT2D eigenvalue weighted by atomic mass is 10.3. The van der Waals surface area contributed by atoms with Crippen LogP contribution >= 0.6 is 0 Å². The number of aliphatic imine (C=N–C) groups is 1. The fourth-order valence-electron chi connectivity index (χ4n) is 0.858. The fraction of sp³-hybridized carbons (Fsp3) is 0.889. The molecule has 1 N–H and O–H groups in total. The van der Waals surface area contributed by atoms with Gasteiger partial charge in [-0.05, 0) is 12.8 Å². The van der Waals surface area contributed by atoms with Crippen molar-refractivity contribution >= 4 is 6.01 Å². The summed E-state index contributed by atoms with van der Waals surface area (Å²) in [5, 5.41) is 6.52. The topological polar surface area (TPSA) is 45.4 Å². The van der Waals surface area contributed by atoms with Crippen molar-refractivity contribution in [2.45, 2.75) is 32.6 Å². The van der Waals surface area contributed by atoms with Gasteiger partial charge in [0.05, 0.1) is 12.6 Å². The molecule has 0 aromatic heterocycles. The highest BCUT2D eigenvalue weighted by atomic mass is 16.5. The first-order valence-corrected chi connectivity index (χ1v) is 4.57. The van der Waals surface area contributed by atoms with Gasteiger partial charge in [0.2, 0.25) is 0 Å². The molecule has 0 fully saturated rings. The Bertz CT molecular complexity index is 130. The zero-order chi connectivity index (χ0) is 9.07. The molecule has 0 atom stereocenters. The van der Waals surface area contributed by atoms with Crippen molar-refractivity contribution < 1.29 is 4.74 Å². The lowest BCUT2D eigenvalue weighted by Crippen LogP contribution is -1.98. The van der Waals surface area contributed by atoms with Crippen molar-refractivity contribution in [1.29, 1.82) is 5.41 Å². The highest BCUT2D eigenvalue weighted by Crippen LogP contribution is 1.94. The first-order valence-electron chi connectivity index (χ1n) is 4.57. The van der Waals surface area contributed by atoms with Gasteiger partial charge in [-0.25, -0.2) is 10.4 Å². The van der Waals surface area contributed by atoms with Crippen molar-refractivity contribution in [3.8, 4) is 0 Å². The summed E-state index contributed by atoms with van der Waals surface area (Å²) in [5.74, 6) is 0. The van der Waals surface area contributed by atoms with Crippen LogP contribution < -0.4 is 0 Å². The van der Waals surface area contributed by atoms with Crippen LogP contribution in [0.15, 0.2) is 4.99 Å². The molecule has 0 amide bonds. The van der Waals surface area contributed by atoms with Crippen LogP contribution in [0, 0.1) is 5.41 Å². The Morgan fingerprint density at radius 3 is 2.67 bits per heavy atom. The molecule has 3 heteroatoms. The minimum Gasteiger partial charge on any atom is -0.381 e. The van der Waals surface area contributed by atoms with E-state index < -0.39 is 0 Å². The Balaban J connectivity index is 2.86. The van der Waals surface area contributed by atoms with E-state index in [0.717, 1.165) is 26.1 Å². The van der Waals surface area contributed by atoms with Crippen LogP contribution in [0.1, 0.15) is 32.6 Å². The number of hydrogen-bond acceptors (Lipinski definition) is 3. The predicted octanol–water partition coefficient (Wildman–Crippen LogP) is 2.34. The lowest BCUT2D eigenvalue weighted by molar-refractivity contribution is 0.129. The third-order valence-electron chi connectivity index (χ3n) is 1.53. The number of unbranched alkanes of at least 4 members (excludes halogenated alkanes) is 2. The van der Waals surface area contributed by atoms with E-state index in [4.69, 9.17) is 10.1 Å². The summed E-state index contributed by atoms with van der Waals surface area (Å²) < 4.78 is 5.33. The summed E-state index contributed by atoms with van der Waals surface area (Å²) >= 11 is 0.